The molecule has 32 heavy (non-hydrogen) atoms. The molecule has 1 amide bonds. The molecule has 4 rings (SSSR count). The number of thiazole rings is 1. The van der Waals surface area contributed by atoms with Gasteiger partial charge in [0.1, 0.15) is 5.75 Å². The van der Waals surface area contributed by atoms with E-state index in [4.69, 9.17) is 9.72 Å². The minimum absolute atomic E-state index is 0.106. The van der Waals surface area contributed by atoms with Gasteiger partial charge in [0.2, 0.25) is 0 Å². The summed E-state index contributed by atoms with van der Waals surface area (Å²) in [4.78, 5) is 24.6. The smallest absolute Gasteiger partial charge is 0.260 e. The second-order valence-corrected chi connectivity index (χ2v) is 8.79. The maximum absolute atomic E-state index is 13.6. The number of amides is 1. The fourth-order valence-corrected chi connectivity index (χ4v) is 4.54. The third-order valence-corrected chi connectivity index (χ3v) is 6.53. The number of unbranched alkanes of at least 4 members (excludes halogenated alkanes) is 1. The summed E-state index contributed by atoms with van der Waals surface area (Å²) in [5.74, 6) is 0.669. The van der Waals surface area contributed by atoms with Gasteiger partial charge in [0, 0.05) is 11.8 Å². The SMILES string of the molecule is CCCCOc1ccc(C(=O)N(Cc2ccccn2)c2nc3c(C)ccc(C)c3s2)cc1. The van der Waals surface area contributed by atoms with Crippen LogP contribution in [0.1, 0.15) is 46.9 Å². The monoisotopic (exact) mass is 445 g/mol. The van der Waals surface area contributed by atoms with Crippen molar-refractivity contribution in [2.24, 2.45) is 0 Å². The van der Waals surface area contributed by atoms with E-state index < -0.39 is 0 Å². The van der Waals surface area contributed by atoms with Gasteiger partial charge in [-0.25, -0.2) is 4.98 Å². The number of hydrogen-bond acceptors (Lipinski definition) is 5. The summed E-state index contributed by atoms with van der Waals surface area (Å²) in [7, 11) is 0. The molecule has 0 bridgehead atoms. The number of aryl methyl sites for hydroxylation is 2. The second kappa shape index (κ2) is 9.92. The van der Waals surface area contributed by atoms with Crippen molar-refractivity contribution < 1.29 is 9.53 Å². The Morgan fingerprint density at radius 3 is 2.50 bits per heavy atom. The Morgan fingerprint density at radius 1 is 1.03 bits per heavy atom. The molecule has 2 aromatic heterocycles. The third-order valence-electron chi connectivity index (χ3n) is 5.32. The van der Waals surface area contributed by atoms with E-state index in [1.54, 1.807) is 22.4 Å². The third kappa shape index (κ3) is 4.81. The van der Waals surface area contributed by atoms with Gasteiger partial charge in [-0.05, 0) is 67.8 Å². The van der Waals surface area contributed by atoms with Crippen LogP contribution in [0.4, 0.5) is 5.13 Å². The summed E-state index contributed by atoms with van der Waals surface area (Å²) in [5, 5.41) is 0.677. The van der Waals surface area contributed by atoms with E-state index in [-0.39, 0.29) is 5.91 Å². The Labute approximate surface area is 192 Å². The molecule has 5 nitrogen and oxygen atoms in total. The minimum Gasteiger partial charge on any atom is -0.494 e. The first-order valence-electron chi connectivity index (χ1n) is 10.9. The van der Waals surface area contributed by atoms with E-state index in [1.165, 1.54) is 0 Å². The van der Waals surface area contributed by atoms with Crippen LogP contribution in [0, 0.1) is 13.8 Å². The van der Waals surface area contributed by atoms with Crippen LogP contribution < -0.4 is 9.64 Å². The predicted molar refractivity (Wildman–Crippen MR) is 131 cm³/mol. The summed E-state index contributed by atoms with van der Waals surface area (Å²) in [6.45, 7) is 7.29. The lowest BCUT2D eigenvalue weighted by molar-refractivity contribution is 0.0984. The zero-order chi connectivity index (χ0) is 22.5. The zero-order valence-electron chi connectivity index (χ0n) is 18.7. The molecule has 0 aliphatic rings. The van der Waals surface area contributed by atoms with Gasteiger partial charge in [0.05, 0.1) is 29.1 Å². The average molecular weight is 446 g/mol. The lowest BCUT2D eigenvalue weighted by Crippen LogP contribution is -2.30. The quantitative estimate of drug-likeness (QED) is 0.297. The molecule has 2 heterocycles. The molecular formula is C26H27N3O2S. The summed E-state index contributed by atoms with van der Waals surface area (Å²) >= 11 is 1.55. The number of fused-ring (bicyclic) bond motifs is 1. The Balaban J connectivity index is 1.67. The van der Waals surface area contributed by atoms with Crippen LogP contribution in [0.3, 0.4) is 0 Å². The maximum Gasteiger partial charge on any atom is 0.260 e. The van der Waals surface area contributed by atoms with Crippen LogP contribution in [0.5, 0.6) is 5.75 Å². The van der Waals surface area contributed by atoms with Gasteiger partial charge >= 0.3 is 0 Å². The first kappa shape index (κ1) is 22.0. The number of aromatic nitrogens is 2. The molecule has 164 valence electrons. The highest BCUT2D eigenvalue weighted by atomic mass is 32.1. The average Bonchev–Trinajstić information content (AvgIpc) is 3.27. The molecule has 0 saturated heterocycles. The molecule has 0 aliphatic carbocycles. The number of carbonyl (C=O) groups is 1. The second-order valence-electron chi connectivity index (χ2n) is 7.81. The van der Waals surface area contributed by atoms with E-state index >= 15 is 0 Å². The number of ether oxygens (including phenoxy) is 1. The molecular weight excluding hydrogens is 418 g/mol. The molecule has 0 aliphatic heterocycles. The van der Waals surface area contributed by atoms with E-state index in [0.29, 0.717) is 23.8 Å². The van der Waals surface area contributed by atoms with Gasteiger partial charge in [-0.1, -0.05) is 42.9 Å². The van der Waals surface area contributed by atoms with Gasteiger partial charge in [-0.2, -0.15) is 0 Å². The summed E-state index contributed by atoms with van der Waals surface area (Å²) in [5.41, 5.74) is 4.62. The van der Waals surface area contributed by atoms with Crippen LogP contribution in [0.2, 0.25) is 0 Å². The number of rotatable bonds is 8. The van der Waals surface area contributed by atoms with Crippen molar-refractivity contribution in [2.75, 3.05) is 11.5 Å². The lowest BCUT2D eigenvalue weighted by Gasteiger charge is -2.20. The van der Waals surface area contributed by atoms with Crippen molar-refractivity contribution in [2.45, 2.75) is 40.2 Å². The van der Waals surface area contributed by atoms with Crippen molar-refractivity contribution in [1.29, 1.82) is 0 Å². The van der Waals surface area contributed by atoms with Crippen LogP contribution in [0.15, 0.2) is 60.8 Å². The van der Waals surface area contributed by atoms with Gasteiger partial charge < -0.3 is 4.74 Å². The largest absolute Gasteiger partial charge is 0.494 e. The van der Waals surface area contributed by atoms with Crippen molar-refractivity contribution in [3.8, 4) is 5.75 Å². The maximum atomic E-state index is 13.6. The Morgan fingerprint density at radius 2 is 1.81 bits per heavy atom. The van der Waals surface area contributed by atoms with Crippen LogP contribution in [0.25, 0.3) is 10.2 Å². The van der Waals surface area contributed by atoms with E-state index in [1.807, 2.05) is 49.4 Å². The fraction of sp³-hybridized carbons (Fsp3) is 0.269. The predicted octanol–water partition coefficient (Wildman–Crippen LogP) is 6.33. The van der Waals surface area contributed by atoms with Crippen LogP contribution >= 0.6 is 11.3 Å². The van der Waals surface area contributed by atoms with Gasteiger partial charge in [-0.15, -0.1) is 0 Å². The minimum atomic E-state index is -0.106. The van der Waals surface area contributed by atoms with E-state index in [9.17, 15) is 4.79 Å². The molecule has 0 radical (unpaired) electrons. The Kier molecular flexibility index (Phi) is 6.81. The first-order chi connectivity index (χ1) is 15.6. The van der Waals surface area contributed by atoms with E-state index in [2.05, 4.69) is 31.0 Å². The molecule has 6 heteroatoms. The van der Waals surface area contributed by atoms with Crippen molar-refractivity contribution in [3.63, 3.8) is 0 Å². The van der Waals surface area contributed by atoms with Crippen LogP contribution in [-0.4, -0.2) is 22.5 Å². The van der Waals surface area contributed by atoms with Gasteiger partial charge in [0.25, 0.3) is 5.91 Å². The van der Waals surface area contributed by atoms with Crippen molar-refractivity contribution in [1.82, 2.24) is 9.97 Å². The number of carbonyl (C=O) groups excluding carboxylic acids is 1. The fourth-order valence-electron chi connectivity index (χ4n) is 3.43. The van der Waals surface area contributed by atoms with Crippen molar-refractivity contribution in [3.05, 3.63) is 83.2 Å². The van der Waals surface area contributed by atoms with E-state index in [0.717, 1.165) is 45.6 Å². The molecule has 0 spiro atoms. The normalized spacial score (nSPS) is 11.0. The molecule has 0 N–H and O–H groups in total. The van der Waals surface area contributed by atoms with Crippen molar-refractivity contribution >= 4 is 32.6 Å². The highest BCUT2D eigenvalue weighted by Gasteiger charge is 2.23. The molecule has 2 aromatic carbocycles. The highest BCUT2D eigenvalue weighted by molar-refractivity contribution is 7.22. The molecule has 0 atom stereocenters. The van der Waals surface area contributed by atoms with Crippen LogP contribution in [-0.2, 0) is 6.54 Å². The molecule has 0 saturated carbocycles. The number of hydrogen-bond donors (Lipinski definition) is 0. The Bertz CT molecular complexity index is 1160. The number of nitrogens with zero attached hydrogens (tertiary/aromatic N) is 3. The van der Waals surface area contributed by atoms with Gasteiger partial charge in [-0.3, -0.25) is 14.7 Å². The number of pyridine rings is 1. The number of benzene rings is 2. The zero-order valence-corrected chi connectivity index (χ0v) is 19.5. The summed E-state index contributed by atoms with van der Waals surface area (Å²) < 4.78 is 6.85. The Hall–Kier alpha value is -3.25. The highest BCUT2D eigenvalue weighted by Crippen LogP contribution is 2.34. The topological polar surface area (TPSA) is 55.3 Å². The molecule has 0 unspecified atom stereocenters. The number of anilines is 1. The lowest BCUT2D eigenvalue weighted by atomic mass is 10.1. The first-order valence-corrected chi connectivity index (χ1v) is 11.7. The standard InChI is InChI=1S/C26H27N3O2S/c1-4-5-16-31-22-13-11-20(12-14-22)25(30)29(17-21-8-6-7-15-27-21)26-28-23-18(2)9-10-19(3)24(23)32-26/h6-15H,4-5,16-17H2,1-3H3. The molecule has 0 fully saturated rings. The van der Waals surface area contributed by atoms with Gasteiger partial charge in [0.15, 0.2) is 5.13 Å². The summed E-state index contributed by atoms with van der Waals surface area (Å²) in [6, 6.07) is 17.2. The molecule has 4 aromatic rings. The summed E-state index contributed by atoms with van der Waals surface area (Å²) in [6.07, 6.45) is 3.84.